The molecule has 6 heteroatoms. The van der Waals surface area contributed by atoms with Gasteiger partial charge in [0.2, 0.25) is 0 Å². The monoisotopic (exact) mass is 290 g/mol. The van der Waals surface area contributed by atoms with Crippen LogP contribution in [0.5, 0.6) is 0 Å². The van der Waals surface area contributed by atoms with E-state index >= 15 is 0 Å². The van der Waals surface area contributed by atoms with Gasteiger partial charge in [-0.05, 0) is 31.1 Å². The molecule has 0 bridgehead atoms. The summed E-state index contributed by atoms with van der Waals surface area (Å²) in [6.07, 6.45) is 4.04. The smallest absolute Gasteiger partial charge is 0.282 e. The molecule has 1 saturated carbocycles. The molecule has 2 fully saturated rings. The fraction of sp³-hybridized carbons (Fsp3) is 1.00. The molecule has 1 aliphatic carbocycles. The summed E-state index contributed by atoms with van der Waals surface area (Å²) in [4.78, 5) is 0. The highest BCUT2D eigenvalue weighted by molar-refractivity contribution is 7.86. The van der Waals surface area contributed by atoms with E-state index in [1.165, 1.54) is 4.31 Å². The van der Waals surface area contributed by atoms with Crippen LogP contribution in [0.1, 0.15) is 39.5 Å². The van der Waals surface area contributed by atoms with Gasteiger partial charge >= 0.3 is 0 Å². The van der Waals surface area contributed by atoms with Gasteiger partial charge in [-0.1, -0.05) is 20.3 Å². The van der Waals surface area contributed by atoms with E-state index in [-0.39, 0.29) is 19.2 Å². The molecule has 0 spiro atoms. The van der Waals surface area contributed by atoms with Gasteiger partial charge in [-0.3, -0.25) is 0 Å². The van der Waals surface area contributed by atoms with Crippen LogP contribution in [0.15, 0.2) is 0 Å². The van der Waals surface area contributed by atoms with Gasteiger partial charge in [0.25, 0.3) is 10.2 Å². The lowest BCUT2D eigenvalue weighted by Crippen LogP contribution is -2.54. The molecular weight excluding hydrogens is 264 g/mol. The summed E-state index contributed by atoms with van der Waals surface area (Å²) in [5.74, 6) is 0.826. The van der Waals surface area contributed by atoms with E-state index in [0.717, 1.165) is 25.7 Å². The van der Waals surface area contributed by atoms with Crippen molar-refractivity contribution in [1.29, 1.82) is 0 Å². The SMILES string of the molecule is CC1CC(C)CN(S(=O)(=O)N(CCO)C2CCC2)C1. The molecule has 0 aromatic heterocycles. The van der Waals surface area contributed by atoms with Crippen molar-refractivity contribution in [3.63, 3.8) is 0 Å². The Labute approximate surface area is 116 Å². The first kappa shape index (κ1) is 15.2. The maximum Gasteiger partial charge on any atom is 0.282 e. The molecule has 5 nitrogen and oxygen atoms in total. The number of hydrogen-bond acceptors (Lipinski definition) is 3. The standard InChI is InChI=1S/C13H26N2O3S/c1-11-8-12(2)10-14(9-11)19(17,18)15(6-7-16)13-4-3-5-13/h11-13,16H,3-10H2,1-2H3. The van der Waals surface area contributed by atoms with Gasteiger partial charge in [0.1, 0.15) is 0 Å². The minimum atomic E-state index is -3.41. The van der Waals surface area contributed by atoms with E-state index < -0.39 is 10.2 Å². The normalized spacial score (nSPS) is 30.5. The third-order valence-corrected chi connectivity index (χ3v) is 6.28. The first-order valence-electron chi connectivity index (χ1n) is 7.33. The van der Waals surface area contributed by atoms with Crippen molar-refractivity contribution in [1.82, 2.24) is 8.61 Å². The topological polar surface area (TPSA) is 60.9 Å². The summed E-state index contributed by atoms with van der Waals surface area (Å²) < 4.78 is 28.6. The van der Waals surface area contributed by atoms with Crippen LogP contribution < -0.4 is 0 Å². The van der Waals surface area contributed by atoms with Gasteiger partial charge in [-0.2, -0.15) is 17.0 Å². The van der Waals surface area contributed by atoms with Crippen LogP contribution in [-0.4, -0.2) is 54.4 Å². The van der Waals surface area contributed by atoms with Crippen LogP contribution in [0, 0.1) is 11.8 Å². The zero-order valence-corrected chi connectivity index (χ0v) is 12.8. The quantitative estimate of drug-likeness (QED) is 0.823. The second-order valence-corrected chi connectivity index (χ2v) is 8.07. The molecule has 1 N–H and O–H groups in total. The first-order valence-corrected chi connectivity index (χ1v) is 8.72. The molecule has 2 rings (SSSR count). The highest BCUT2D eigenvalue weighted by atomic mass is 32.2. The third kappa shape index (κ3) is 3.29. The highest BCUT2D eigenvalue weighted by Gasteiger charge is 2.39. The zero-order valence-electron chi connectivity index (χ0n) is 12.0. The van der Waals surface area contributed by atoms with Crippen LogP contribution in [0.25, 0.3) is 0 Å². The van der Waals surface area contributed by atoms with Crippen LogP contribution in [0.3, 0.4) is 0 Å². The van der Waals surface area contributed by atoms with E-state index in [4.69, 9.17) is 5.11 Å². The number of nitrogens with zero attached hydrogens (tertiary/aromatic N) is 2. The molecule has 1 aliphatic heterocycles. The molecule has 1 saturated heterocycles. The van der Waals surface area contributed by atoms with Gasteiger partial charge in [0, 0.05) is 25.7 Å². The second kappa shape index (κ2) is 6.08. The highest BCUT2D eigenvalue weighted by Crippen LogP contribution is 2.30. The molecule has 2 atom stereocenters. The van der Waals surface area contributed by atoms with Gasteiger partial charge in [0.15, 0.2) is 0 Å². The molecule has 0 aromatic rings. The molecule has 2 unspecified atom stereocenters. The van der Waals surface area contributed by atoms with Crippen molar-refractivity contribution in [3.05, 3.63) is 0 Å². The first-order chi connectivity index (χ1) is 8.95. The third-order valence-electron chi connectivity index (χ3n) is 4.26. The fourth-order valence-corrected chi connectivity index (χ4v) is 5.28. The van der Waals surface area contributed by atoms with Crippen LogP contribution in [0.4, 0.5) is 0 Å². The molecule has 0 aromatic carbocycles. The lowest BCUT2D eigenvalue weighted by Gasteiger charge is -2.42. The number of rotatable bonds is 5. The van der Waals surface area contributed by atoms with Crippen LogP contribution in [-0.2, 0) is 10.2 Å². The lowest BCUT2D eigenvalue weighted by molar-refractivity contribution is 0.153. The zero-order chi connectivity index (χ0) is 14.0. The molecule has 112 valence electrons. The molecular formula is C13H26N2O3S. The number of hydrogen-bond donors (Lipinski definition) is 1. The Bertz CT molecular complexity index is 385. The molecule has 2 aliphatic rings. The Morgan fingerprint density at radius 1 is 1.21 bits per heavy atom. The minimum absolute atomic E-state index is 0.102. The molecule has 19 heavy (non-hydrogen) atoms. The predicted molar refractivity (Wildman–Crippen MR) is 74.9 cm³/mol. The van der Waals surface area contributed by atoms with Crippen molar-refractivity contribution < 1.29 is 13.5 Å². The van der Waals surface area contributed by atoms with Crippen molar-refractivity contribution in [2.45, 2.75) is 45.6 Å². The Morgan fingerprint density at radius 2 is 1.79 bits per heavy atom. The summed E-state index contributed by atoms with van der Waals surface area (Å²) in [6.45, 7) is 5.57. The van der Waals surface area contributed by atoms with E-state index in [0.29, 0.717) is 24.9 Å². The summed E-state index contributed by atoms with van der Waals surface area (Å²) >= 11 is 0. The Balaban J connectivity index is 2.13. The predicted octanol–water partition coefficient (Wildman–Crippen LogP) is 1.06. The van der Waals surface area contributed by atoms with Gasteiger partial charge in [0.05, 0.1) is 6.61 Å². The maximum absolute atomic E-state index is 12.7. The number of aliphatic hydroxyl groups excluding tert-OH is 1. The fourth-order valence-electron chi connectivity index (χ4n) is 3.20. The molecule has 0 amide bonds. The van der Waals surface area contributed by atoms with E-state index in [2.05, 4.69) is 13.8 Å². The van der Waals surface area contributed by atoms with E-state index in [9.17, 15) is 8.42 Å². The van der Waals surface area contributed by atoms with Gasteiger partial charge in [-0.25, -0.2) is 0 Å². The molecule has 0 radical (unpaired) electrons. The van der Waals surface area contributed by atoms with Gasteiger partial charge < -0.3 is 5.11 Å². The second-order valence-electron chi connectivity index (χ2n) is 6.19. The van der Waals surface area contributed by atoms with E-state index in [1.807, 2.05) is 0 Å². The average molecular weight is 290 g/mol. The summed E-state index contributed by atoms with van der Waals surface area (Å²) in [5, 5.41) is 9.15. The Hall–Kier alpha value is -0.170. The average Bonchev–Trinajstić information content (AvgIpc) is 2.24. The number of aliphatic hydroxyl groups is 1. The lowest BCUT2D eigenvalue weighted by atomic mass is 9.93. The Kier molecular flexibility index (Phi) is 4.87. The summed E-state index contributed by atoms with van der Waals surface area (Å²) in [6, 6.07) is 0.102. The van der Waals surface area contributed by atoms with Gasteiger partial charge in [-0.15, -0.1) is 0 Å². The Morgan fingerprint density at radius 3 is 2.21 bits per heavy atom. The van der Waals surface area contributed by atoms with E-state index in [1.54, 1.807) is 4.31 Å². The maximum atomic E-state index is 12.7. The number of piperidine rings is 1. The van der Waals surface area contributed by atoms with Crippen molar-refractivity contribution in [3.8, 4) is 0 Å². The largest absolute Gasteiger partial charge is 0.395 e. The van der Waals surface area contributed by atoms with Crippen molar-refractivity contribution in [2.75, 3.05) is 26.2 Å². The van der Waals surface area contributed by atoms with Crippen molar-refractivity contribution >= 4 is 10.2 Å². The minimum Gasteiger partial charge on any atom is -0.395 e. The van der Waals surface area contributed by atoms with Crippen LogP contribution >= 0.6 is 0 Å². The summed E-state index contributed by atoms with van der Waals surface area (Å²) in [7, 11) is -3.41. The van der Waals surface area contributed by atoms with Crippen molar-refractivity contribution in [2.24, 2.45) is 11.8 Å². The van der Waals surface area contributed by atoms with Crippen LogP contribution in [0.2, 0.25) is 0 Å². The summed E-state index contributed by atoms with van der Waals surface area (Å²) in [5.41, 5.74) is 0. The molecule has 1 heterocycles.